The molecule has 128 valence electrons. The second-order valence-corrected chi connectivity index (χ2v) is 6.01. The van der Waals surface area contributed by atoms with Crippen molar-refractivity contribution in [2.75, 3.05) is 7.05 Å². The lowest BCUT2D eigenvalue weighted by atomic mass is 10.1. The highest BCUT2D eigenvalue weighted by Gasteiger charge is 2.11. The molecule has 0 aliphatic heterocycles. The normalized spacial score (nSPS) is 10.6. The smallest absolute Gasteiger partial charge is 0.222 e. The minimum absolute atomic E-state index is 0.0247. The van der Waals surface area contributed by atoms with Crippen molar-refractivity contribution in [2.45, 2.75) is 19.4 Å². The molecule has 0 spiro atoms. The first kappa shape index (κ1) is 16.9. The topological polar surface area (TPSA) is 38.1 Å². The first-order valence-electron chi connectivity index (χ1n) is 8.19. The van der Waals surface area contributed by atoms with E-state index in [0.717, 1.165) is 16.8 Å². The Kier molecular flexibility index (Phi) is 5.23. The second kappa shape index (κ2) is 7.75. The summed E-state index contributed by atoms with van der Waals surface area (Å²) < 4.78 is 15.0. The van der Waals surface area contributed by atoms with Crippen molar-refractivity contribution in [1.29, 1.82) is 0 Å². The van der Waals surface area contributed by atoms with Crippen molar-refractivity contribution in [2.24, 2.45) is 0 Å². The summed E-state index contributed by atoms with van der Waals surface area (Å²) in [6, 6.07) is 16.2. The monoisotopic (exact) mass is 337 g/mol. The predicted molar refractivity (Wildman–Crippen MR) is 94.8 cm³/mol. The molecule has 2 aromatic carbocycles. The maximum Gasteiger partial charge on any atom is 0.222 e. The highest BCUT2D eigenvalue weighted by atomic mass is 19.1. The van der Waals surface area contributed by atoms with Gasteiger partial charge in [0.05, 0.1) is 11.9 Å². The summed E-state index contributed by atoms with van der Waals surface area (Å²) in [5, 5.41) is 4.34. The SMILES string of the molecule is CN(Cc1cnn(-c2ccccc2)c1)C(=O)CCc1cccc(F)c1. The van der Waals surface area contributed by atoms with Gasteiger partial charge in [-0.2, -0.15) is 5.10 Å². The summed E-state index contributed by atoms with van der Waals surface area (Å²) in [4.78, 5) is 14.0. The molecule has 3 aromatic rings. The third-order valence-electron chi connectivity index (χ3n) is 4.02. The van der Waals surface area contributed by atoms with E-state index in [0.29, 0.717) is 19.4 Å². The molecular formula is C20H20FN3O. The highest BCUT2D eigenvalue weighted by Crippen LogP contribution is 2.11. The molecule has 1 amide bonds. The van der Waals surface area contributed by atoms with Gasteiger partial charge in [-0.3, -0.25) is 4.79 Å². The van der Waals surface area contributed by atoms with Crippen molar-refractivity contribution in [1.82, 2.24) is 14.7 Å². The first-order chi connectivity index (χ1) is 12.1. The van der Waals surface area contributed by atoms with Crippen LogP contribution in [-0.4, -0.2) is 27.6 Å². The zero-order valence-corrected chi connectivity index (χ0v) is 14.1. The maximum absolute atomic E-state index is 13.2. The Morgan fingerprint density at radius 1 is 1.12 bits per heavy atom. The van der Waals surface area contributed by atoms with E-state index in [1.165, 1.54) is 12.1 Å². The molecule has 5 heteroatoms. The summed E-state index contributed by atoms with van der Waals surface area (Å²) in [5.74, 6) is -0.247. The largest absolute Gasteiger partial charge is 0.341 e. The minimum Gasteiger partial charge on any atom is -0.341 e. The van der Waals surface area contributed by atoms with E-state index in [1.807, 2.05) is 42.6 Å². The number of aryl methyl sites for hydroxylation is 1. The molecule has 1 aromatic heterocycles. The number of hydrogen-bond acceptors (Lipinski definition) is 2. The van der Waals surface area contributed by atoms with Gasteiger partial charge in [-0.15, -0.1) is 0 Å². The Bertz CT molecular complexity index is 845. The van der Waals surface area contributed by atoms with Crippen molar-refractivity contribution in [3.63, 3.8) is 0 Å². The van der Waals surface area contributed by atoms with Crippen LogP contribution in [0.15, 0.2) is 67.0 Å². The van der Waals surface area contributed by atoms with E-state index in [9.17, 15) is 9.18 Å². The van der Waals surface area contributed by atoms with Crippen LogP contribution >= 0.6 is 0 Å². The van der Waals surface area contributed by atoms with Gasteiger partial charge in [0.1, 0.15) is 5.82 Å². The number of para-hydroxylation sites is 1. The van der Waals surface area contributed by atoms with E-state index < -0.39 is 0 Å². The number of nitrogens with zero attached hydrogens (tertiary/aromatic N) is 3. The number of carbonyl (C=O) groups is 1. The van der Waals surface area contributed by atoms with Crippen LogP contribution in [0.1, 0.15) is 17.5 Å². The van der Waals surface area contributed by atoms with E-state index in [4.69, 9.17) is 0 Å². The summed E-state index contributed by atoms with van der Waals surface area (Å²) in [6.45, 7) is 0.495. The molecule has 25 heavy (non-hydrogen) atoms. The number of rotatable bonds is 6. The van der Waals surface area contributed by atoms with Crippen LogP contribution in [0, 0.1) is 5.82 Å². The lowest BCUT2D eigenvalue weighted by Gasteiger charge is -2.16. The third-order valence-corrected chi connectivity index (χ3v) is 4.02. The Balaban J connectivity index is 1.56. The van der Waals surface area contributed by atoms with Crippen LogP contribution in [0.2, 0.25) is 0 Å². The zero-order valence-electron chi connectivity index (χ0n) is 14.1. The van der Waals surface area contributed by atoms with Gasteiger partial charge in [-0.25, -0.2) is 9.07 Å². The fourth-order valence-corrected chi connectivity index (χ4v) is 2.66. The van der Waals surface area contributed by atoms with Crippen LogP contribution in [0.4, 0.5) is 4.39 Å². The molecule has 0 atom stereocenters. The Morgan fingerprint density at radius 3 is 2.68 bits per heavy atom. The summed E-state index contributed by atoms with van der Waals surface area (Å²) >= 11 is 0. The molecule has 4 nitrogen and oxygen atoms in total. The Hall–Kier alpha value is -2.95. The first-order valence-corrected chi connectivity index (χ1v) is 8.19. The summed E-state index contributed by atoms with van der Waals surface area (Å²) in [6.07, 6.45) is 4.58. The van der Waals surface area contributed by atoms with Crippen molar-refractivity contribution in [3.05, 3.63) is 83.9 Å². The van der Waals surface area contributed by atoms with Gasteiger partial charge in [0.25, 0.3) is 0 Å². The molecule has 0 saturated carbocycles. The average molecular weight is 337 g/mol. The molecule has 0 radical (unpaired) electrons. The van der Waals surface area contributed by atoms with Crippen LogP contribution in [-0.2, 0) is 17.8 Å². The van der Waals surface area contributed by atoms with E-state index in [-0.39, 0.29) is 11.7 Å². The molecule has 3 rings (SSSR count). The molecular weight excluding hydrogens is 317 g/mol. The Labute approximate surface area is 146 Å². The quantitative estimate of drug-likeness (QED) is 0.689. The van der Waals surface area contributed by atoms with Crippen LogP contribution in [0.25, 0.3) is 5.69 Å². The number of benzene rings is 2. The number of hydrogen-bond donors (Lipinski definition) is 0. The van der Waals surface area contributed by atoms with Gasteiger partial charge < -0.3 is 4.90 Å². The van der Waals surface area contributed by atoms with Gasteiger partial charge in [0, 0.05) is 31.8 Å². The van der Waals surface area contributed by atoms with Crippen molar-refractivity contribution < 1.29 is 9.18 Å². The molecule has 0 unspecified atom stereocenters. The van der Waals surface area contributed by atoms with Crippen LogP contribution in [0.5, 0.6) is 0 Å². The standard InChI is InChI=1S/C20H20FN3O/c1-23(20(25)11-10-16-6-5-7-18(21)12-16)14-17-13-22-24(15-17)19-8-3-2-4-9-19/h2-9,12-13,15H,10-11,14H2,1H3. The Morgan fingerprint density at radius 2 is 1.92 bits per heavy atom. The molecule has 0 aliphatic carbocycles. The third kappa shape index (κ3) is 4.53. The maximum atomic E-state index is 13.2. The molecule has 0 saturated heterocycles. The van der Waals surface area contributed by atoms with Gasteiger partial charge in [-0.05, 0) is 36.2 Å². The van der Waals surface area contributed by atoms with Crippen LogP contribution in [0.3, 0.4) is 0 Å². The van der Waals surface area contributed by atoms with E-state index >= 15 is 0 Å². The number of carbonyl (C=O) groups excluding carboxylic acids is 1. The van der Waals surface area contributed by atoms with Gasteiger partial charge in [0.2, 0.25) is 5.91 Å². The highest BCUT2D eigenvalue weighted by molar-refractivity contribution is 5.76. The summed E-state index contributed by atoms with van der Waals surface area (Å²) in [5.41, 5.74) is 2.78. The molecule has 0 bridgehead atoms. The average Bonchev–Trinajstić information content (AvgIpc) is 3.09. The van der Waals surface area contributed by atoms with Gasteiger partial charge in [-0.1, -0.05) is 30.3 Å². The molecule has 1 heterocycles. The minimum atomic E-state index is -0.272. The van der Waals surface area contributed by atoms with Crippen molar-refractivity contribution in [3.8, 4) is 5.69 Å². The fourth-order valence-electron chi connectivity index (χ4n) is 2.66. The molecule has 0 fully saturated rings. The predicted octanol–water partition coefficient (Wildman–Crippen LogP) is 3.60. The van der Waals surface area contributed by atoms with E-state index in [2.05, 4.69) is 5.10 Å². The number of halogens is 1. The summed E-state index contributed by atoms with van der Waals surface area (Å²) in [7, 11) is 1.77. The lowest BCUT2D eigenvalue weighted by Crippen LogP contribution is -2.26. The number of aromatic nitrogens is 2. The fraction of sp³-hybridized carbons (Fsp3) is 0.200. The zero-order chi connectivity index (χ0) is 17.6. The van der Waals surface area contributed by atoms with Crippen molar-refractivity contribution >= 4 is 5.91 Å². The molecule has 0 N–H and O–H groups in total. The second-order valence-electron chi connectivity index (χ2n) is 6.01. The lowest BCUT2D eigenvalue weighted by molar-refractivity contribution is -0.130. The van der Waals surface area contributed by atoms with E-state index in [1.54, 1.807) is 28.9 Å². The van der Waals surface area contributed by atoms with Crippen LogP contribution < -0.4 is 0 Å². The number of amides is 1. The van der Waals surface area contributed by atoms with Gasteiger partial charge >= 0.3 is 0 Å². The molecule has 0 aliphatic rings. The van der Waals surface area contributed by atoms with Gasteiger partial charge in [0.15, 0.2) is 0 Å².